The SMILES string of the molecule is COC(=O)[C@@H]1Cc2ccc(OC(=O)OC(C)(C)C)c(c2)-c2cc(cc3cc(CNC(=O)OC(C)(C)C)oc23)[C@H](N(C)C(=O)[C@H](CCCCNC(=O)OC(C)(C)C)CC(=O)c2ccc(-c3ccc(Cl)cc3)cc2)C(=O)C[C@@H](C)C(=O)N1. The van der Waals surface area contributed by atoms with E-state index in [9.17, 15) is 28.8 Å². The summed E-state index contributed by atoms with van der Waals surface area (Å²) in [6.45, 7) is 17.1. The summed E-state index contributed by atoms with van der Waals surface area (Å²) in [5, 5.41) is 9.17. The van der Waals surface area contributed by atoms with E-state index in [0.717, 1.165) is 11.1 Å². The number of halogens is 1. The molecule has 0 radical (unpaired) electrons. The Bertz CT molecular complexity index is 3090. The Morgan fingerprint density at radius 1 is 0.750 bits per heavy atom. The summed E-state index contributed by atoms with van der Waals surface area (Å²) in [6, 6.07) is 21.3. The van der Waals surface area contributed by atoms with Crippen LogP contribution in [-0.4, -0.2) is 96.1 Å². The van der Waals surface area contributed by atoms with Gasteiger partial charge < -0.3 is 49.0 Å². The topological polar surface area (TPSA) is 235 Å². The number of esters is 1. The molecule has 0 aliphatic carbocycles. The molecule has 1 aliphatic rings. The molecule has 1 aliphatic heterocycles. The molecule has 0 unspecified atom stereocenters. The van der Waals surface area contributed by atoms with Gasteiger partial charge in [0.25, 0.3) is 0 Å². The van der Waals surface area contributed by atoms with Gasteiger partial charge in [-0.25, -0.2) is 19.2 Å². The number of furan rings is 1. The van der Waals surface area contributed by atoms with Crippen LogP contribution < -0.4 is 20.7 Å². The van der Waals surface area contributed by atoms with E-state index < -0.39 is 89.1 Å². The molecule has 0 fully saturated rings. The molecule has 19 heteroatoms. The summed E-state index contributed by atoms with van der Waals surface area (Å²) in [5.74, 6) is -4.65. The van der Waals surface area contributed by atoms with Gasteiger partial charge in [-0.05, 0) is 140 Å². The van der Waals surface area contributed by atoms with Crippen molar-refractivity contribution >= 4 is 70.3 Å². The van der Waals surface area contributed by atoms with Crippen molar-refractivity contribution in [1.82, 2.24) is 20.9 Å². The predicted molar refractivity (Wildman–Crippen MR) is 301 cm³/mol. The van der Waals surface area contributed by atoms with Gasteiger partial charge in [0.05, 0.1) is 13.7 Å². The molecular weight excluding hydrogens is 1050 g/mol. The third kappa shape index (κ3) is 17.4. The summed E-state index contributed by atoms with van der Waals surface area (Å²) in [5.41, 5.74) is 1.08. The largest absolute Gasteiger partial charge is 0.514 e. The molecular formula is C61H73ClN4O14. The van der Waals surface area contributed by atoms with Crippen LogP contribution in [0.25, 0.3) is 33.2 Å². The lowest BCUT2D eigenvalue weighted by Crippen LogP contribution is -2.46. The Hall–Kier alpha value is -7.73. The van der Waals surface area contributed by atoms with E-state index in [0.29, 0.717) is 34.4 Å². The maximum absolute atomic E-state index is 15.4. The molecule has 428 valence electrons. The highest BCUT2D eigenvalue weighted by Crippen LogP contribution is 2.42. The van der Waals surface area contributed by atoms with Crippen molar-refractivity contribution in [2.24, 2.45) is 11.8 Å². The van der Waals surface area contributed by atoms with Crippen LogP contribution in [0.1, 0.15) is 135 Å². The number of Topliss-reactive ketones (excluding diaryl/α,β-unsaturated/α-hetero) is 2. The van der Waals surface area contributed by atoms with Crippen LogP contribution in [0.2, 0.25) is 5.02 Å². The number of carbonyl (C=O) groups is 8. The highest BCUT2D eigenvalue weighted by atomic mass is 35.5. The number of amides is 4. The van der Waals surface area contributed by atoms with E-state index in [1.165, 1.54) is 32.0 Å². The number of ketones is 2. The van der Waals surface area contributed by atoms with Crippen LogP contribution in [-0.2, 0) is 51.1 Å². The minimum Gasteiger partial charge on any atom is -0.467 e. The first-order valence-corrected chi connectivity index (χ1v) is 27.0. The molecule has 4 amide bonds. The van der Waals surface area contributed by atoms with E-state index in [1.807, 2.05) is 24.3 Å². The standard InChI is InChI=1S/C61H73ClN4O14/c1-35-27-49(68)51(66(11)54(70)40(15-13-14-26-63-56(72)78-59(2,3)4)33-48(67)39-19-17-37(18-20-39)38-21-23-43(62)24-22-38)41-30-42-31-44(34-64-57(73)79-60(5,6)7)76-52(42)46(32-41)45-28-36(29-47(55(71)75-12)65-53(35)69)16-25-50(45)77-58(74)80-61(8,9)10/h16-25,28,30-32,35,40,47,51H,13-15,26-27,29,33-34H2,1-12H3,(H,63,72)(H,64,73)(H,65,69)/t35-,40-,47+,51+/m1/s1. The van der Waals surface area contributed by atoms with Gasteiger partial charge in [-0.1, -0.05) is 67.4 Å². The summed E-state index contributed by atoms with van der Waals surface area (Å²) in [4.78, 5) is 113. The van der Waals surface area contributed by atoms with Crippen molar-refractivity contribution in [3.8, 4) is 28.0 Å². The quantitative estimate of drug-likeness (QED) is 0.0291. The Morgan fingerprint density at radius 3 is 1.98 bits per heavy atom. The second kappa shape index (κ2) is 26.0. The molecule has 4 bridgehead atoms. The van der Waals surface area contributed by atoms with Crippen molar-refractivity contribution in [3.63, 3.8) is 0 Å². The number of likely N-dealkylation sites (N-methyl/N-ethyl adjacent to an activating group) is 1. The zero-order valence-corrected chi connectivity index (χ0v) is 48.3. The average molecular weight is 1120 g/mol. The fourth-order valence-electron chi connectivity index (χ4n) is 9.11. The van der Waals surface area contributed by atoms with Crippen molar-refractivity contribution < 1.29 is 66.5 Å². The fraction of sp³-hybridized carbons (Fsp3) is 0.443. The highest BCUT2D eigenvalue weighted by Gasteiger charge is 2.37. The molecule has 0 saturated heterocycles. The van der Waals surface area contributed by atoms with E-state index in [4.69, 9.17) is 39.7 Å². The Morgan fingerprint density at radius 2 is 1.36 bits per heavy atom. The normalized spacial score (nSPS) is 16.3. The van der Waals surface area contributed by atoms with Gasteiger partial charge in [-0.2, -0.15) is 0 Å². The number of ether oxygens (including phenoxy) is 5. The zero-order chi connectivity index (χ0) is 58.9. The number of alkyl carbamates (subject to hydrolysis) is 2. The lowest BCUT2D eigenvalue weighted by Gasteiger charge is -2.32. The van der Waals surface area contributed by atoms with Gasteiger partial charge in [0.1, 0.15) is 46.0 Å². The lowest BCUT2D eigenvalue weighted by atomic mass is 9.87. The highest BCUT2D eigenvalue weighted by molar-refractivity contribution is 6.30. The molecule has 4 atom stereocenters. The number of methoxy groups -OCH3 is 1. The van der Waals surface area contributed by atoms with Crippen LogP contribution in [0, 0.1) is 11.8 Å². The number of hydrogen-bond acceptors (Lipinski definition) is 14. The van der Waals surface area contributed by atoms with Crippen LogP contribution >= 0.6 is 11.6 Å². The lowest BCUT2D eigenvalue weighted by molar-refractivity contribution is -0.146. The van der Waals surface area contributed by atoms with Gasteiger partial charge in [0.15, 0.2) is 11.6 Å². The van der Waals surface area contributed by atoms with Crippen molar-refractivity contribution in [3.05, 3.63) is 112 Å². The summed E-state index contributed by atoms with van der Waals surface area (Å²) >= 11 is 6.13. The van der Waals surface area contributed by atoms with Crippen LogP contribution in [0.5, 0.6) is 5.75 Å². The number of rotatable bonds is 15. The maximum Gasteiger partial charge on any atom is 0.514 e. The van der Waals surface area contributed by atoms with Gasteiger partial charge in [0.2, 0.25) is 11.8 Å². The van der Waals surface area contributed by atoms with Crippen molar-refractivity contribution in [1.29, 1.82) is 0 Å². The number of carbonyl (C=O) groups excluding carboxylic acids is 8. The summed E-state index contributed by atoms with van der Waals surface area (Å²) in [7, 11) is 2.64. The first-order chi connectivity index (χ1) is 37.5. The Kier molecular flexibility index (Phi) is 20.0. The van der Waals surface area contributed by atoms with Gasteiger partial charge in [-0.15, -0.1) is 0 Å². The maximum atomic E-state index is 15.4. The predicted octanol–water partition coefficient (Wildman–Crippen LogP) is 11.7. The molecule has 80 heavy (non-hydrogen) atoms. The number of fused-ring (bicyclic) bond motifs is 7. The van der Waals surface area contributed by atoms with Gasteiger partial charge in [0, 0.05) is 71.8 Å². The number of hydrogen-bond donors (Lipinski definition) is 3. The summed E-state index contributed by atoms with van der Waals surface area (Å²) < 4.78 is 33.9. The average Bonchev–Trinajstić information content (AvgIpc) is 3.79. The molecule has 4 aromatic carbocycles. The number of benzene rings is 4. The minimum atomic E-state index is -1.43. The second-order valence-electron chi connectivity index (χ2n) is 23.0. The van der Waals surface area contributed by atoms with Crippen LogP contribution in [0.15, 0.2) is 89.3 Å². The van der Waals surface area contributed by atoms with Crippen LogP contribution in [0.4, 0.5) is 14.4 Å². The zero-order valence-electron chi connectivity index (χ0n) is 47.6. The number of nitrogens with zero attached hydrogens (tertiary/aromatic N) is 1. The fourth-order valence-corrected chi connectivity index (χ4v) is 9.24. The summed E-state index contributed by atoms with van der Waals surface area (Å²) in [6.07, 6.45) is -2.15. The van der Waals surface area contributed by atoms with Crippen molar-refractivity contribution in [2.75, 3.05) is 20.7 Å². The van der Waals surface area contributed by atoms with Crippen molar-refractivity contribution in [2.45, 2.75) is 143 Å². The van der Waals surface area contributed by atoms with E-state index in [-0.39, 0.29) is 71.9 Å². The molecule has 1 aromatic heterocycles. The molecule has 0 spiro atoms. The Balaban J connectivity index is 1.49. The molecule has 3 N–H and O–H groups in total. The Labute approximate surface area is 471 Å². The number of nitrogens with one attached hydrogen (secondary N) is 3. The van der Waals surface area contributed by atoms with Gasteiger partial charge in [-0.3, -0.25) is 19.2 Å². The molecule has 5 aromatic rings. The molecule has 2 heterocycles. The third-order valence-corrected chi connectivity index (χ3v) is 13.0. The molecule has 0 saturated carbocycles. The van der Waals surface area contributed by atoms with E-state index in [2.05, 4.69) is 16.0 Å². The smallest absolute Gasteiger partial charge is 0.467 e. The number of unbranched alkanes of at least 4 members (excludes halogenated alkanes) is 1. The second-order valence-corrected chi connectivity index (χ2v) is 23.4. The molecule has 6 rings (SSSR count). The van der Waals surface area contributed by atoms with Crippen LogP contribution in [0.3, 0.4) is 0 Å². The minimum absolute atomic E-state index is 0.0149. The first kappa shape index (κ1) is 61.5. The monoisotopic (exact) mass is 1120 g/mol. The third-order valence-electron chi connectivity index (χ3n) is 12.8. The van der Waals surface area contributed by atoms with E-state index >= 15 is 9.59 Å². The first-order valence-electron chi connectivity index (χ1n) is 26.6. The van der Waals surface area contributed by atoms with Gasteiger partial charge >= 0.3 is 24.3 Å². The van der Waals surface area contributed by atoms with E-state index in [1.54, 1.807) is 117 Å². The molecule has 18 nitrogen and oxygen atoms in total.